The van der Waals surface area contributed by atoms with Gasteiger partial charge in [-0.3, -0.25) is 0 Å². The van der Waals surface area contributed by atoms with E-state index in [1.807, 2.05) is 7.11 Å². The van der Waals surface area contributed by atoms with E-state index in [0.29, 0.717) is 6.61 Å². The lowest BCUT2D eigenvalue weighted by molar-refractivity contribution is 0.0393. The minimum absolute atomic E-state index is 0.154. The third-order valence-electron chi connectivity index (χ3n) is 12.1. The maximum absolute atomic E-state index is 6.45. The van der Waals surface area contributed by atoms with Crippen molar-refractivity contribution in [3.05, 3.63) is 166 Å². The summed E-state index contributed by atoms with van der Waals surface area (Å²) in [5, 5.41) is 0. The van der Waals surface area contributed by atoms with Gasteiger partial charge in [0.25, 0.3) is 0 Å². The molecular weight excluding hydrogens is 703 g/mol. The van der Waals surface area contributed by atoms with Crippen LogP contribution in [-0.4, -0.2) is 53.3 Å². The van der Waals surface area contributed by atoms with Gasteiger partial charge in [-0.05, 0) is 76.3 Å². The normalized spacial score (nSPS) is 21.4. The number of aryl methyl sites for hydroxylation is 2. The highest BCUT2D eigenvalue weighted by Crippen LogP contribution is 2.50. The zero-order valence-corrected chi connectivity index (χ0v) is 35.3. The average molecular weight is 763 g/mol. The molecule has 296 valence electrons. The van der Waals surface area contributed by atoms with Gasteiger partial charge in [0.05, 0.1) is 5.70 Å². The van der Waals surface area contributed by atoms with Crippen molar-refractivity contribution in [1.82, 2.24) is 4.58 Å². The Labute approximate surface area is 341 Å². The summed E-state index contributed by atoms with van der Waals surface area (Å²) >= 11 is 0. The summed E-state index contributed by atoms with van der Waals surface area (Å²) in [6.07, 6.45) is 13.2. The Balaban J connectivity index is 1.41. The molecule has 1 atom stereocenters. The molecule has 6 heteroatoms. The van der Waals surface area contributed by atoms with Gasteiger partial charge in [0.1, 0.15) is 5.60 Å². The molecule has 0 amide bonds. The number of rotatable bonds is 13. The summed E-state index contributed by atoms with van der Waals surface area (Å²) in [5.41, 5.74) is 15.4. The SMILES string of the molecule is COCCCN1/C(=C/C=C2\CC/C(=C\C=C3\N(CCCOC)c4ccc(C)cc4C3(C)OC)C2=[N+](c2ccccc2)c2ccccc2)C(C)(C)c2cc(C)ccc21. The Morgan fingerprint density at radius 3 is 1.58 bits per heavy atom. The van der Waals surface area contributed by atoms with Gasteiger partial charge >= 0.3 is 0 Å². The molecule has 0 aromatic heterocycles. The number of methoxy groups -OCH3 is 3. The second-order valence-electron chi connectivity index (χ2n) is 16.2. The van der Waals surface area contributed by atoms with Crippen molar-refractivity contribution in [2.24, 2.45) is 0 Å². The highest BCUT2D eigenvalue weighted by atomic mass is 16.5. The Kier molecular flexibility index (Phi) is 12.2. The van der Waals surface area contributed by atoms with Gasteiger partial charge in [0.15, 0.2) is 0 Å². The number of benzene rings is 4. The van der Waals surface area contributed by atoms with Gasteiger partial charge in [-0.15, -0.1) is 0 Å². The average Bonchev–Trinajstić information content (AvgIpc) is 3.79. The van der Waals surface area contributed by atoms with Crippen LogP contribution in [0.2, 0.25) is 0 Å². The van der Waals surface area contributed by atoms with Crippen molar-refractivity contribution >= 4 is 28.5 Å². The molecule has 0 N–H and O–H groups in total. The standard InChI is InChI=1S/C51H60N3O3/c1-37-21-27-45-43(35-37)50(3,4)47(52(45)31-15-33-55-6)29-25-39-23-24-40(49(39)54(41-17-11-9-12-18-41)42-19-13-10-14-20-42)26-30-48-51(5,57-8)44-36-38(2)22-28-46(44)53(48)32-16-34-56-7/h9-14,17-22,25-30,35-36H,15-16,23-24,31-34H2,1-8H3/q+1. The maximum Gasteiger partial charge on any atom is 0.218 e. The fourth-order valence-electron chi connectivity index (χ4n) is 9.01. The fraction of sp³-hybridized carbons (Fsp3) is 0.353. The van der Waals surface area contributed by atoms with E-state index in [9.17, 15) is 0 Å². The molecule has 0 radical (unpaired) electrons. The molecule has 2 heterocycles. The fourth-order valence-corrected chi connectivity index (χ4v) is 9.01. The number of fused-ring (bicyclic) bond motifs is 2. The van der Waals surface area contributed by atoms with Gasteiger partial charge in [-0.25, -0.2) is 0 Å². The second kappa shape index (κ2) is 17.2. The molecule has 0 bridgehead atoms. The van der Waals surface area contributed by atoms with Gasteiger partial charge < -0.3 is 24.0 Å². The van der Waals surface area contributed by atoms with Crippen molar-refractivity contribution < 1.29 is 14.2 Å². The molecular formula is C51H60N3O3+. The van der Waals surface area contributed by atoms with Crippen LogP contribution >= 0.6 is 0 Å². The lowest BCUT2D eigenvalue weighted by Crippen LogP contribution is -2.31. The van der Waals surface area contributed by atoms with Gasteiger partial charge in [-0.2, -0.15) is 4.58 Å². The van der Waals surface area contributed by atoms with Gasteiger partial charge in [-0.1, -0.05) is 97.8 Å². The third kappa shape index (κ3) is 7.83. The predicted octanol–water partition coefficient (Wildman–Crippen LogP) is 11.2. The summed E-state index contributed by atoms with van der Waals surface area (Å²) in [6.45, 7) is 14.5. The van der Waals surface area contributed by atoms with Crippen LogP contribution in [0.4, 0.5) is 22.7 Å². The Morgan fingerprint density at radius 2 is 1.07 bits per heavy atom. The Bertz CT molecular complexity index is 2190. The van der Waals surface area contributed by atoms with Crippen molar-refractivity contribution in [3.63, 3.8) is 0 Å². The Hall–Kier alpha value is -5.01. The van der Waals surface area contributed by atoms with Crippen molar-refractivity contribution in [2.75, 3.05) is 57.4 Å². The summed E-state index contributed by atoms with van der Waals surface area (Å²) in [4.78, 5) is 4.96. The number of anilines is 2. The molecule has 1 unspecified atom stereocenters. The minimum atomic E-state index is -0.598. The van der Waals surface area contributed by atoms with Crippen molar-refractivity contribution in [1.29, 1.82) is 0 Å². The van der Waals surface area contributed by atoms with E-state index in [2.05, 4.69) is 170 Å². The molecule has 0 saturated heterocycles. The number of para-hydroxylation sites is 2. The lowest BCUT2D eigenvalue weighted by Gasteiger charge is -2.29. The monoisotopic (exact) mass is 762 g/mol. The number of ether oxygens (including phenoxy) is 3. The quantitative estimate of drug-likeness (QED) is 0.100. The van der Waals surface area contributed by atoms with E-state index in [-0.39, 0.29) is 5.41 Å². The second-order valence-corrected chi connectivity index (χ2v) is 16.2. The minimum Gasteiger partial charge on any atom is -0.385 e. The van der Waals surface area contributed by atoms with Gasteiger partial charge in [0.2, 0.25) is 17.1 Å². The van der Waals surface area contributed by atoms with Crippen molar-refractivity contribution in [2.45, 2.75) is 71.3 Å². The first-order valence-electron chi connectivity index (χ1n) is 20.5. The smallest absolute Gasteiger partial charge is 0.218 e. The van der Waals surface area contributed by atoms with Crippen LogP contribution in [-0.2, 0) is 25.2 Å². The van der Waals surface area contributed by atoms with Crippen LogP contribution < -0.4 is 14.4 Å². The molecule has 1 fully saturated rings. The summed E-state index contributed by atoms with van der Waals surface area (Å²) < 4.78 is 19.9. The van der Waals surface area contributed by atoms with E-state index in [1.165, 1.54) is 56.2 Å². The van der Waals surface area contributed by atoms with Crippen LogP contribution in [0.3, 0.4) is 0 Å². The highest BCUT2D eigenvalue weighted by molar-refractivity contribution is 6.17. The van der Waals surface area contributed by atoms with E-state index < -0.39 is 5.60 Å². The molecule has 4 aromatic carbocycles. The molecule has 0 spiro atoms. The summed E-state index contributed by atoms with van der Waals surface area (Å²) in [7, 11) is 5.40. The van der Waals surface area contributed by atoms with Crippen molar-refractivity contribution in [3.8, 4) is 0 Å². The van der Waals surface area contributed by atoms with Crippen LogP contribution in [0, 0.1) is 13.8 Å². The zero-order valence-electron chi connectivity index (χ0n) is 35.3. The number of allylic oxidation sites excluding steroid dienone is 7. The highest BCUT2D eigenvalue weighted by Gasteiger charge is 2.44. The summed E-state index contributed by atoms with van der Waals surface area (Å²) in [5.74, 6) is 0. The zero-order chi connectivity index (χ0) is 40.2. The van der Waals surface area contributed by atoms with E-state index >= 15 is 0 Å². The Morgan fingerprint density at radius 1 is 0.596 bits per heavy atom. The van der Waals surface area contributed by atoms with Crippen LogP contribution in [0.25, 0.3) is 0 Å². The van der Waals surface area contributed by atoms with E-state index in [0.717, 1.165) is 62.5 Å². The van der Waals surface area contributed by atoms with Gasteiger partial charge in [0, 0.05) is 111 Å². The topological polar surface area (TPSA) is 37.2 Å². The van der Waals surface area contributed by atoms with Crippen LogP contribution in [0.15, 0.2) is 144 Å². The van der Waals surface area contributed by atoms with Crippen LogP contribution in [0.5, 0.6) is 0 Å². The molecule has 57 heavy (non-hydrogen) atoms. The molecule has 2 aliphatic heterocycles. The largest absolute Gasteiger partial charge is 0.385 e. The third-order valence-corrected chi connectivity index (χ3v) is 12.1. The first kappa shape index (κ1) is 40.2. The van der Waals surface area contributed by atoms with E-state index in [1.54, 1.807) is 14.2 Å². The predicted molar refractivity (Wildman–Crippen MR) is 238 cm³/mol. The summed E-state index contributed by atoms with van der Waals surface area (Å²) in [6, 6.07) is 35.3. The molecule has 3 aliphatic rings. The lowest BCUT2D eigenvalue weighted by atomic mass is 9.83. The first-order valence-corrected chi connectivity index (χ1v) is 20.5. The first-order chi connectivity index (χ1) is 27.6. The van der Waals surface area contributed by atoms with Crippen LogP contribution in [0.1, 0.15) is 68.7 Å². The molecule has 1 saturated carbocycles. The molecule has 6 nitrogen and oxygen atoms in total. The molecule has 4 aromatic rings. The molecule has 7 rings (SSSR count). The molecule has 1 aliphatic carbocycles. The maximum atomic E-state index is 6.45. The number of hydrogen-bond donors (Lipinski definition) is 0. The number of hydrogen-bond acceptors (Lipinski definition) is 5. The van der Waals surface area contributed by atoms with E-state index in [4.69, 9.17) is 14.2 Å². The number of nitrogens with zero attached hydrogens (tertiary/aromatic N) is 3.